The Morgan fingerprint density at radius 1 is 1.16 bits per heavy atom. The first-order valence-corrected chi connectivity index (χ1v) is 10.6. The first-order chi connectivity index (χ1) is 15.4. The highest BCUT2D eigenvalue weighted by molar-refractivity contribution is 7.99. The SMILES string of the molecule is Cc1cc(C)nc(SCC(=O)N/N=C/c2ccc(OCc3cccc([N+](=O)[O-])c3)cc2)n1. The van der Waals surface area contributed by atoms with Gasteiger partial charge in [-0.15, -0.1) is 0 Å². The number of thioether (sulfide) groups is 1. The van der Waals surface area contributed by atoms with Gasteiger partial charge in [-0.2, -0.15) is 5.10 Å². The van der Waals surface area contributed by atoms with Crippen LogP contribution in [0.15, 0.2) is 64.9 Å². The van der Waals surface area contributed by atoms with E-state index in [1.165, 1.54) is 30.1 Å². The Kier molecular flexibility index (Phi) is 7.87. The van der Waals surface area contributed by atoms with Crippen LogP contribution in [-0.4, -0.2) is 32.8 Å². The highest BCUT2D eigenvalue weighted by atomic mass is 32.2. The predicted molar refractivity (Wildman–Crippen MR) is 122 cm³/mol. The second kappa shape index (κ2) is 11.0. The van der Waals surface area contributed by atoms with Crippen molar-refractivity contribution in [3.05, 3.63) is 87.2 Å². The molecule has 1 amide bonds. The molecule has 0 aliphatic carbocycles. The molecule has 0 spiro atoms. The highest BCUT2D eigenvalue weighted by Crippen LogP contribution is 2.17. The summed E-state index contributed by atoms with van der Waals surface area (Å²) in [4.78, 5) is 30.9. The van der Waals surface area contributed by atoms with E-state index >= 15 is 0 Å². The summed E-state index contributed by atoms with van der Waals surface area (Å²) in [6.45, 7) is 3.98. The van der Waals surface area contributed by atoms with Crippen LogP contribution < -0.4 is 10.2 Å². The Balaban J connectivity index is 1.45. The summed E-state index contributed by atoms with van der Waals surface area (Å²) >= 11 is 1.25. The summed E-state index contributed by atoms with van der Waals surface area (Å²) in [5.74, 6) is 0.512. The minimum Gasteiger partial charge on any atom is -0.489 e. The third-order valence-corrected chi connectivity index (χ3v) is 4.95. The van der Waals surface area contributed by atoms with Crippen LogP contribution in [0.5, 0.6) is 5.75 Å². The second-order valence-corrected chi connectivity index (χ2v) is 7.74. The van der Waals surface area contributed by atoms with Crippen molar-refractivity contribution in [2.45, 2.75) is 25.6 Å². The van der Waals surface area contributed by atoms with Gasteiger partial charge in [0.2, 0.25) is 0 Å². The molecule has 10 heteroatoms. The molecule has 0 fully saturated rings. The molecule has 0 saturated carbocycles. The number of nitrogens with zero attached hydrogens (tertiary/aromatic N) is 4. The first-order valence-electron chi connectivity index (χ1n) is 9.62. The Labute approximate surface area is 189 Å². The van der Waals surface area contributed by atoms with Crippen molar-refractivity contribution in [3.63, 3.8) is 0 Å². The average molecular weight is 452 g/mol. The van der Waals surface area contributed by atoms with Crippen LogP contribution in [-0.2, 0) is 11.4 Å². The molecule has 3 rings (SSSR count). The maximum atomic E-state index is 12.0. The highest BCUT2D eigenvalue weighted by Gasteiger charge is 2.07. The van der Waals surface area contributed by atoms with Gasteiger partial charge in [0.05, 0.1) is 16.9 Å². The lowest BCUT2D eigenvalue weighted by Crippen LogP contribution is -2.19. The fraction of sp³-hybridized carbons (Fsp3) is 0.182. The zero-order valence-corrected chi connectivity index (χ0v) is 18.3. The third-order valence-electron chi connectivity index (χ3n) is 4.10. The second-order valence-electron chi connectivity index (χ2n) is 6.80. The minimum atomic E-state index is -0.438. The van der Waals surface area contributed by atoms with E-state index in [2.05, 4.69) is 20.5 Å². The molecule has 0 aliphatic rings. The zero-order valence-electron chi connectivity index (χ0n) is 17.5. The average Bonchev–Trinajstić information content (AvgIpc) is 2.77. The van der Waals surface area contributed by atoms with Gasteiger partial charge in [0.25, 0.3) is 11.6 Å². The quantitative estimate of drug-likeness (QED) is 0.173. The molecular weight excluding hydrogens is 430 g/mol. The Bertz CT molecular complexity index is 1120. The van der Waals surface area contributed by atoms with Gasteiger partial charge in [-0.3, -0.25) is 14.9 Å². The van der Waals surface area contributed by atoms with Gasteiger partial charge in [-0.05, 0) is 55.3 Å². The van der Waals surface area contributed by atoms with E-state index in [4.69, 9.17) is 4.74 Å². The summed E-state index contributed by atoms with van der Waals surface area (Å²) in [7, 11) is 0. The number of carbonyl (C=O) groups is 1. The van der Waals surface area contributed by atoms with Crippen molar-refractivity contribution < 1.29 is 14.5 Å². The Hall–Kier alpha value is -3.79. The molecule has 1 aromatic heterocycles. The van der Waals surface area contributed by atoms with Gasteiger partial charge in [0, 0.05) is 23.5 Å². The maximum Gasteiger partial charge on any atom is 0.269 e. The number of nitrogens with one attached hydrogen (secondary N) is 1. The molecule has 0 unspecified atom stereocenters. The number of amides is 1. The van der Waals surface area contributed by atoms with Crippen LogP contribution in [0, 0.1) is 24.0 Å². The van der Waals surface area contributed by atoms with Crippen LogP contribution in [0.25, 0.3) is 0 Å². The van der Waals surface area contributed by atoms with E-state index in [0.717, 1.165) is 17.0 Å². The largest absolute Gasteiger partial charge is 0.489 e. The van der Waals surface area contributed by atoms with Crippen LogP contribution in [0.3, 0.4) is 0 Å². The summed E-state index contributed by atoms with van der Waals surface area (Å²) in [5.41, 5.74) is 5.70. The molecule has 0 radical (unpaired) electrons. The number of non-ortho nitro benzene ring substituents is 1. The van der Waals surface area contributed by atoms with E-state index in [-0.39, 0.29) is 24.0 Å². The molecule has 9 nitrogen and oxygen atoms in total. The molecule has 32 heavy (non-hydrogen) atoms. The third kappa shape index (κ3) is 7.17. The molecule has 1 N–H and O–H groups in total. The van der Waals surface area contributed by atoms with Crippen LogP contribution in [0.2, 0.25) is 0 Å². The van der Waals surface area contributed by atoms with Crippen molar-refractivity contribution >= 4 is 29.6 Å². The van der Waals surface area contributed by atoms with Crippen molar-refractivity contribution in [2.24, 2.45) is 5.10 Å². The molecule has 164 valence electrons. The number of carbonyl (C=O) groups excluding carboxylic acids is 1. The lowest BCUT2D eigenvalue weighted by Gasteiger charge is -2.06. The number of hydrogen-bond donors (Lipinski definition) is 1. The van der Waals surface area contributed by atoms with E-state index in [0.29, 0.717) is 16.5 Å². The Morgan fingerprint density at radius 3 is 2.56 bits per heavy atom. The molecule has 0 atom stereocenters. The lowest BCUT2D eigenvalue weighted by molar-refractivity contribution is -0.384. The van der Waals surface area contributed by atoms with Gasteiger partial charge in [-0.25, -0.2) is 15.4 Å². The van der Waals surface area contributed by atoms with E-state index in [1.54, 1.807) is 36.4 Å². The van der Waals surface area contributed by atoms with Gasteiger partial charge in [0.15, 0.2) is 5.16 Å². The van der Waals surface area contributed by atoms with Crippen molar-refractivity contribution in [1.29, 1.82) is 0 Å². The number of hydrogen-bond acceptors (Lipinski definition) is 8. The van der Waals surface area contributed by atoms with Crippen LogP contribution >= 0.6 is 11.8 Å². The van der Waals surface area contributed by atoms with Crippen LogP contribution in [0.4, 0.5) is 5.69 Å². The minimum absolute atomic E-state index is 0.0274. The monoisotopic (exact) mass is 451 g/mol. The number of aryl methyl sites for hydroxylation is 2. The molecule has 0 saturated heterocycles. The standard InChI is InChI=1S/C22H21N5O4S/c1-15-10-16(2)25-22(24-15)32-14-21(28)26-23-12-17-6-8-20(9-7-17)31-13-18-4-3-5-19(11-18)27(29)30/h3-12H,13-14H2,1-2H3,(H,26,28)/b23-12+. The Morgan fingerprint density at radius 2 is 1.88 bits per heavy atom. The van der Waals surface area contributed by atoms with E-state index < -0.39 is 4.92 Å². The van der Waals surface area contributed by atoms with Crippen molar-refractivity contribution in [1.82, 2.24) is 15.4 Å². The number of nitro groups is 1. The van der Waals surface area contributed by atoms with Crippen molar-refractivity contribution in [2.75, 3.05) is 5.75 Å². The number of ether oxygens (including phenoxy) is 1. The lowest BCUT2D eigenvalue weighted by atomic mass is 10.2. The zero-order chi connectivity index (χ0) is 22.9. The van der Waals surface area contributed by atoms with Gasteiger partial charge < -0.3 is 4.74 Å². The summed E-state index contributed by atoms with van der Waals surface area (Å²) in [6, 6.07) is 15.3. The molecule has 0 bridgehead atoms. The number of hydrazone groups is 1. The van der Waals surface area contributed by atoms with E-state index in [1.807, 2.05) is 19.9 Å². The fourth-order valence-electron chi connectivity index (χ4n) is 2.68. The summed E-state index contributed by atoms with van der Waals surface area (Å²) < 4.78 is 5.66. The topological polar surface area (TPSA) is 120 Å². The van der Waals surface area contributed by atoms with Gasteiger partial charge in [0.1, 0.15) is 12.4 Å². The van der Waals surface area contributed by atoms with Crippen molar-refractivity contribution in [3.8, 4) is 5.75 Å². The molecule has 2 aromatic carbocycles. The summed E-state index contributed by atoms with van der Waals surface area (Å²) in [5, 5.41) is 15.4. The molecule has 1 heterocycles. The molecular formula is C22H21N5O4S. The van der Waals surface area contributed by atoms with Gasteiger partial charge >= 0.3 is 0 Å². The summed E-state index contributed by atoms with van der Waals surface area (Å²) in [6.07, 6.45) is 1.53. The van der Waals surface area contributed by atoms with E-state index in [9.17, 15) is 14.9 Å². The van der Waals surface area contributed by atoms with Crippen LogP contribution in [0.1, 0.15) is 22.5 Å². The smallest absolute Gasteiger partial charge is 0.269 e. The predicted octanol–water partition coefficient (Wildman–Crippen LogP) is 3.82. The number of aromatic nitrogens is 2. The number of nitro benzene ring substituents is 1. The first kappa shape index (κ1) is 22.9. The molecule has 0 aliphatic heterocycles. The normalized spacial score (nSPS) is 10.8. The maximum absolute atomic E-state index is 12.0. The molecule has 3 aromatic rings. The number of benzene rings is 2. The van der Waals surface area contributed by atoms with Gasteiger partial charge in [-0.1, -0.05) is 23.9 Å². The fourth-order valence-corrected chi connectivity index (χ4v) is 3.42. The number of rotatable bonds is 9.